The van der Waals surface area contributed by atoms with Crippen LogP contribution in [-0.4, -0.2) is 11.5 Å². The topological polar surface area (TPSA) is 17.1 Å². The van der Waals surface area contributed by atoms with Crippen molar-refractivity contribution in [3.8, 4) is 0 Å². The van der Waals surface area contributed by atoms with Crippen LogP contribution in [0.25, 0.3) is 0 Å². The van der Waals surface area contributed by atoms with E-state index in [-0.39, 0.29) is 0 Å². The predicted octanol–water partition coefficient (Wildman–Crippen LogP) is 4.94. The molecule has 0 radical (unpaired) electrons. The zero-order chi connectivity index (χ0) is 12.7. The monoisotopic (exact) mass is 314 g/mol. The Hall–Kier alpha value is -0.280. The van der Waals surface area contributed by atoms with Crippen LogP contribution >= 0.6 is 27.7 Å². The van der Waals surface area contributed by atoms with E-state index in [1.54, 1.807) is 11.8 Å². The molecule has 0 saturated heterocycles. The number of Topliss-reactive ketones (excluding diaryl/α,β-unsaturated/α-hetero) is 1. The molecule has 94 valence electrons. The number of hydrogen-bond acceptors (Lipinski definition) is 2. The number of ketones is 1. The molecule has 0 aromatic heterocycles. The van der Waals surface area contributed by atoms with Gasteiger partial charge < -0.3 is 0 Å². The maximum Gasteiger partial charge on any atom is 0.143 e. The van der Waals surface area contributed by atoms with Crippen molar-refractivity contribution in [3.63, 3.8) is 0 Å². The highest BCUT2D eigenvalue weighted by atomic mass is 79.9. The molecule has 0 amide bonds. The van der Waals surface area contributed by atoms with E-state index in [1.807, 2.05) is 24.3 Å². The first-order chi connectivity index (χ1) is 8.13. The molecule has 0 aliphatic rings. The maximum atomic E-state index is 11.8. The zero-order valence-electron chi connectivity index (χ0n) is 10.4. The quantitative estimate of drug-likeness (QED) is 0.663. The van der Waals surface area contributed by atoms with Gasteiger partial charge in [0.05, 0.1) is 5.75 Å². The number of rotatable bonds is 7. The first kappa shape index (κ1) is 14.8. The van der Waals surface area contributed by atoms with E-state index in [0.717, 1.165) is 22.2 Å². The molecule has 1 unspecified atom stereocenters. The minimum atomic E-state index is 0.353. The standard InChI is InChI=1S/C14H19BrOS/c1-3-6-11(2)9-12(16)10-17-14-8-5-4-7-13(14)15/h4-5,7-8,11H,3,6,9-10H2,1-2H3. The van der Waals surface area contributed by atoms with Gasteiger partial charge in [-0.15, -0.1) is 11.8 Å². The van der Waals surface area contributed by atoms with Gasteiger partial charge in [0.1, 0.15) is 5.78 Å². The molecule has 3 heteroatoms. The lowest BCUT2D eigenvalue weighted by Crippen LogP contribution is -2.07. The van der Waals surface area contributed by atoms with Crippen LogP contribution in [0.5, 0.6) is 0 Å². The smallest absolute Gasteiger partial charge is 0.143 e. The van der Waals surface area contributed by atoms with E-state index in [1.165, 1.54) is 0 Å². The van der Waals surface area contributed by atoms with Crippen LogP contribution in [0.3, 0.4) is 0 Å². The molecule has 0 bridgehead atoms. The summed E-state index contributed by atoms with van der Waals surface area (Å²) in [6.45, 7) is 4.32. The first-order valence-electron chi connectivity index (χ1n) is 6.02. The Morgan fingerprint density at radius 2 is 2.12 bits per heavy atom. The van der Waals surface area contributed by atoms with E-state index in [0.29, 0.717) is 23.9 Å². The van der Waals surface area contributed by atoms with Crippen LogP contribution in [-0.2, 0) is 4.79 Å². The van der Waals surface area contributed by atoms with Crippen LogP contribution in [0.4, 0.5) is 0 Å². The summed E-state index contributed by atoms with van der Waals surface area (Å²) in [5, 5.41) is 0. The second-order valence-corrected chi connectivity index (χ2v) is 6.23. The third-order valence-electron chi connectivity index (χ3n) is 2.58. The van der Waals surface area contributed by atoms with Crippen molar-refractivity contribution in [1.29, 1.82) is 0 Å². The predicted molar refractivity (Wildman–Crippen MR) is 78.6 cm³/mol. The molecule has 17 heavy (non-hydrogen) atoms. The first-order valence-corrected chi connectivity index (χ1v) is 7.80. The fourth-order valence-electron chi connectivity index (χ4n) is 1.76. The summed E-state index contributed by atoms with van der Waals surface area (Å²) in [6, 6.07) is 8.03. The van der Waals surface area contributed by atoms with Gasteiger partial charge in [-0.3, -0.25) is 4.79 Å². The van der Waals surface area contributed by atoms with Gasteiger partial charge in [0.2, 0.25) is 0 Å². The van der Waals surface area contributed by atoms with Gasteiger partial charge in [-0.05, 0) is 34.0 Å². The molecule has 1 aromatic rings. The summed E-state index contributed by atoms with van der Waals surface area (Å²) in [6.07, 6.45) is 3.02. The van der Waals surface area contributed by atoms with Crippen molar-refractivity contribution in [2.75, 3.05) is 5.75 Å². The zero-order valence-corrected chi connectivity index (χ0v) is 12.8. The second kappa shape index (κ2) is 7.93. The minimum Gasteiger partial charge on any atom is -0.299 e. The number of benzene rings is 1. The summed E-state index contributed by atoms with van der Waals surface area (Å²) in [5.41, 5.74) is 0. The van der Waals surface area contributed by atoms with E-state index in [2.05, 4.69) is 29.8 Å². The molecule has 0 N–H and O–H groups in total. The molecule has 1 nitrogen and oxygen atoms in total. The van der Waals surface area contributed by atoms with Crippen LogP contribution in [0.1, 0.15) is 33.1 Å². The van der Waals surface area contributed by atoms with Gasteiger partial charge in [-0.1, -0.05) is 38.8 Å². The molecule has 1 atom stereocenters. The van der Waals surface area contributed by atoms with E-state index < -0.39 is 0 Å². The Labute approximate surface area is 117 Å². The number of halogens is 1. The SMILES string of the molecule is CCCC(C)CC(=O)CSc1ccccc1Br. The number of thioether (sulfide) groups is 1. The van der Waals surface area contributed by atoms with Crippen molar-refractivity contribution >= 4 is 33.5 Å². The highest BCUT2D eigenvalue weighted by molar-refractivity contribution is 9.10. The van der Waals surface area contributed by atoms with Crippen molar-refractivity contribution < 1.29 is 4.79 Å². The van der Waals surface area contributed by atoms with E-state index in [4.69, 9.17) is 0 Å². The van der Waals surface area contributed by atoms with E-state index >= 15 is 0 Å². The fraction of sp³-hybridized carbons (Fsp3) is 0.500. The second-order valence-electron chi connectivity index (χ2n) is 4.36. The van der Waals surface area contributed by atoms with Crippen LogP contribution in [0, 0.1) is 5.92 Å². The summed E-state index contributed by atoms with van der Waals surface area (Å²) >= 11 is 5.11. The van der Waals surface area contributed by atoms with Gasteiger partial charge in [0.15, 0.2) is 0 Å². The molecule has 0 saturated carbocycles. The third-order valence-corrected chi connectivity index (χ3v) is 4.67. The molecule has 0 spiro atoms. The normalized spacial score (nSPS) is 12.4. The molecule has 0 heterocycles. The average Bonchev–Trinajstić information content (AvgIpc) is 2.28. The lowest BCUT2D eigenvalue weighted by Gasteiger charge is -2.09. The molecule has 1 aromatic carbocycles. The molecule has 0 fully saturated rings. The van der Waals surface area contributed by atoms with E-state index in [9.17, 15) is 4.79 Å². The van der Waals surface area contributed by atoms with Crippen LogP contribution < -0.4 is 0 Å². The average molecular weight is 315 g/mol. The van der Waals surface area contributed by atoms with Gasteiger partial charge in [-0.25, -0.2) is 0 Å². The van der Waals surface area contributed by atoms with Crippen molar-refractivity contribution in [3.05, 3.63) is 28.7 Å². The van der Waals surface area contributed by atoms with Crippen molar-refractivity contribution in [2.24, 2.45) is 5.92 Å². The Bertz CT molecular complexity index is 365. The van der Waals surface area contributed by atoms with Gasteiger partial charge >= 0.3 is 0 Å². The highest BCUT2D eigenvalue weighted by Gasteiger charge is 2.09. The Morgan fingerprint density at radius 1 is 1.41 bits per heavy atom. The van der Waals surface area contributed by atoms with Crippen LogP contribution in [0.15, 0.2) is 33.6 Å². The van der Waals surface area contributed by atoms with Gasteiger partial charge in [0.25, 0.3) is 0 Å². The Morgan fingerprint density at radius 3 is 2.76 bits per heavy atom. The summed E-state index contributed by atoms with van der Waals surface area (Å²) in [4.78, 5) is 12.9. The van der Waals surface area contributed by atoms with Gasteiger partial charge in [0, 0.05) is 15.8 Å². The molecule has 1 rings (SSSR count). The Balaban J connectivity index is 2.36. The molecule has 0 aliphatic carbocycles. The molecular formula is C14H19BrOS. The number of carbonyl (C=O) groups excluding carboxylic acids is 1. The molecular weight excluding hydrogens is 296 g/mol. The fourth-order valence-corrected chi connectivity index (χ4v) is 3.21. The van der Waals surface area contributed by atoms with Crippen LogP contribution in [0.2, 0.25) is 0 Å². The summed E-state index contributed by atoms with van der Waals surface area (Å²) in [7, 11) is 0. The number of hydrogen-bond donors (Lipinski definition) is 0. The largest absolute Gasteiger partial charge is 0.299 e. The minimum absolute atomic E-state index is 0.353. The summed E-state index contributed by atoms with van der Waals surface area (Å²) in [5.74, 6) is 1.45. The maximum absolute atomic E-state index is 11.8. The van der Waals surface area contributed by atoms with Crippen molar-refractivity contribution in [1.82, 2.24) is 0 Å². The van der Waals surface area contributed by atoms with Gasteiger partial charge in [-0.2, -0.15) is 0 Å². The highest BCUT2D eigenvalue weighted by Crippen LogP contribution is 2.27. The lowest BCUT2D eigenvalue weighted by atomic mass is 10.0. The Kier molecular flexibility index (Phi) is 6.90. The third kappa shape index (κ3) is 5.73. The number of carbonyl (C=O) groups is 1. The lowest BCUT2D eigenvalue weighted by molar-refractivity contribution is -0.117. The summed E-state index contributed by atoms with van der Waals surface area (Å²) < 4.78 is 1.07. The van der Waals surface area contributed by atoms with Crippen molar-refractivity contribution in [2.45, 2.75) is 38.0 Å². The molecule has 0 aliphatic heterocycles.